The number of halogens is 2. The first-order chi connectivity index (χ1) is 10.9. The average Bonchev–Trinajstić information content (AvgIpc) is 2.83. The second-order valence-electron chi connectivity index (χ2n) is 5.67. The minimum absolute atomic E-state index is 0.203. The van der Waals surface area contributed by atoms with Crippen LogP contribution in [0.4, 0.5) is 0 Å². The number of hydrogen-bond acceptors (Lipinski definition) is 5. The van der Waals surface area contributed by atoms with E-state index in [2.05, 4.69) is 22.6 Å². The van der Waals surface area contributed by atoms with E-state index in [9.17, 15) is 4.79 Å². The van der Waals surface area contributed by atoms with Gasteiger partial charge in [0.15, 0.2) is 11.9 Å². The van der Waals surface area contributed by atoms with E-state index in [1.807, 2.05) is 30.3 Å². The Labute approximate surface area is 154 Å². The van der Waals surface area contributed by atoms with E-state index >= 15 is 0 Å². The first-order valence-electron chi connectivity index (χ1n) is 7.27. The molecule has 4 atom stereocenters. The van der Waals surface area contributed by atoms with Gasteiger partial charge in [-0.1, -0.05) is 52.9 Å². The zero-order valence-electron chi connectivity index (χ0n) is 13.0. The van der Waals surface area contributed by atoms with Crippen LogP contribution in [0.2, 0.25) is 0 Å². The number of hydrogen-bond donors (Lipinski definition) is 0. The Morgan fingerprint density at radius 3 is 2.57 bits per heavy atom. The molecule has 1 saturated heterocycles. The third kappa shape index (κ3) is 5.56. The molecule has 0 radical (unpaired) electrons. The van der Waals surface area contributed by atoms with Crippen LogP contribution in [0, 0.1) is 0 Å². The maximum Gasteiger partial charge on any atom is 0.293 e. The monoisotopic (exact) mass is 454 g/mol. The summed E-state index contributed by atoms with van der Waals surface area (Å²) >= 11 is 8.24. The van der Waals surface area contributed by atoms with Crippen molar-refractivity contribution in [1.29, 1.82) is 0 Å². The van der Waals surface area contributed by atoms with Gasteiger partial charge in [0, 0.05) is 0 Å². The van der Waals surface area contributed by atoms with Crippen molar-refractivity contribution in [2.24, 2.45) is 0 Å². The van der Waals surface area contributed by atoms with Crippen molar-refractivity contribution in [3.8, 4) is 0 Å². The highest BCUT2D eigenvalue weighted by atomic mass is 127. The highest BCUT2D eigenvalue weighted by molar-refractivity contribution is 14.1. The van der Waals surface area contributed by atoms with E-state index < -0.39 is 24.1 Å². The van der Waals surface area contributed by atoms with Crippen LogP contribution in [0.5, 0.6) is 0 Å². The lowest BCUT2D eigenvalue weighted by molar-refractivity contribution is -0.169. The molecule has 1 heterocycles. The van der Waals surface area contributed by atoms with Crippen molar-refractivity contribution in [3.63, 3.8) is 0 Å². The molecule has 0 amide bonds. The largest absolute Gasteiger partial charge is 0.459 e. The number of alkyl halides is 2. The molecule has 0 aliphatic carbocycles. The molecule has 1 aliphatic heterocycles. The zero-order valence-corrected chi connectivity index (χ0v) is 15.9. The van der Waals surface area contributed by atoms with Crippen molar-refractivity contribution in [2.75, 3.05) is 6.61 Å². The number of carbonyl (C=O) groups is 1. The van der Waals surface area contributed by atoms with Crippen LogP contribution in [0.1, 0.15) is 19.4 Å². The van der Waals surface area contributed by atoms with E-state index in [-0.39, 0.29) is 9.99 Å². The van der Waals surface area contributed by atoms with Gasteiger partial charge in [-0.05, 0) is 19.4 Å². The second kappa shape index (κ2) is 8.62. The van der Waals surface area contributed by atoms with Gasteiger partial charge in [-0.3, -0.25) is 4.79 Å². The fourth-order valence-electron chi connectivity index (χ4n) is 2.45. The van der Waals surface area contributed by atoms with Crippen molar-refractivity contribution in [2.45, 2.75) is 47.9 Å². The van der Waals surface area contributed by atoms with Crippen LogP contribution in [0.15, 0.2) is 30.3 Å². The normalized spacial score (nSPS) is 25.7. The molecule has 128 valence electrons. The van der Waals surface area contributed by atoms with Gasteiger partial charge in [0.2, 0.25) is 0 Å². The predicted molar refractivity (Wildman–Crippen MR) is 94.5 cm³/mol. The van der Waals surface area contributed by atoms with Gasteiger partial charge >= 0.3 is 0 Å². The molecule has 2 rings (SSSR count). The summed E-state index contributed by atoms with van der Waals surface area (Å²) < 4.78 is 22.2. The lowest BCUT2D eigenvalue weighted by Crippen LogP contribution is -2.42. The Kier molecular flexibility index (Phi) is 7.09. The maximum atomic E-state index is 10.8. The van der Waals surface area contributed by atoms with E-state index in [4.69, 9.17) is 30.5 Å². The minimum atomic E-state index is -0.780. The molecular weight excluding hydrogens is 435 g/mol. The summed E-state index contributed by atoms with van der Waals surface area (Å²) in [5.74, 6) is -0.780. The molecule has 1 fully saturated rings. The van der Waals surface area contributed by atoms with Gasteiger partial charge in [-0.25, -0.2) is 0 Å². The summed E-state index contributed by atoms with van der Waals surface area (Å²) in [4.78, 5) is 10.8. The molecule has 1 aromatic carbocycles. The molecule has 0 aromatic heterocycles. The molecule has 0 spiro atoms. The SMILES string of the molecule is CC1(C)O[C@H]([C@@H](COCc2ccccc2)OC=O)[C@@H](C(Cl)I)O1. The van der Waals surface area contributed by atoms with E-state index in [1.54, 1.807) is 13.8 Å². The van der Waals surface area contributed by atoms with Crippen LogP contribution in [-0.2, 0) is 30.3 Å². The molecule has 0 bridgehead atoms. The molecule has 1 aliphatic rings. The Hall–Kier alpha value is -0.410. The molecule has 1 aromatic rings. The van der Waals surface area contributed by atoms with Crippen LogP contribution in [0.3, 0.4) is 0 Å². The number of carbonyl (C=O) groups excluding carboxylic acids is 1. The third-order valence-electron chi connectivity index (χ3n) is 3.40. The molecule has 7 heteroatoms. The molecule has 5 nitrogen and oxygen atoms in total. The lowest BCUT2D eigenvalue weighted by atomic mass is 10.1. The van der Waals surface area contributed by atoms with Crippen LogP contribution in [-0.4, -0.2) is 40.6 Å². The van der Waals surface area contributed by atoms with Crippen LogP contribution < -0.4 is 0 Å². The highest BCUT2D eigenvalue weighted by Crippen LogP contribution is 2.36. The Morgan fingerprint density at radius 1 is 1.30 bits per heavy atom. The summed E-state index contributed by atoms with van der Waals surface area (Å²) in [6.45, 7) is 4.64. The quantitative estimate of drug-likeness (QED) is 0.343. The first-order valence-corrected chi connectivity index (χ1v) is 8.96. The lowest BCUT2D eigenvalue weighted by Gasteiger charge is -2.25. The van der Waals surface area contributed by atoms with Gasteiger partial charge in [0.25, 0.3) is 6.47 Å². The Balaban J connectivity index is 1.97. The molecule has 0 saturated carbocycles. The van der Waals surface area contributed by atoms with Crippen molar-refractivity contribution in [1.82, 2.24) is 0 Å². The number of rotatable bonds is 8. The molecule has 23 heavy (non-hydrogen) atoms. The van der Waals surface area contributed by atoms with E-state index in [0.717, 1.165) is 5.56 Å². The molecule has 0 N–H and O–H groups in total. The highest BCUT2D eigenvalue weighted by Gasteiger charge is 2.48. The summed E-state index contributed by atoms with van der Waals surface area (Å²) in [7, 11) is 0. The molecular formula is C16H20ClIO5. The first kappa shape index (κ1) is 18.9. The summed E-state index contributed by atoms with van der Waals surface area (Å²) in [5, 5.41) is 0. The fourth-order valence-corrected chi connectivity index (χ4v) is 3.20. The van der Waals surface area contributed by atoms with Crippen LogP contribution >= 0.6 is 34.2 Å². The van der Waals surface area contributed by atoms with Gasteiger partial charge in [-0.15, -0.1) is 11.6 Å². The average molecular weight is 455 g/mol. The van der Waals surface area contributed by atoms with Crippen molar-refractivity contribution >= 4 is 40.7 Å². The van der Waals surface area contributed by atoms with Gasteiger partial charge < -0.3 is 18.9 Å². The summed E-state index contributed by atoms with van der Waals surface area (Å²) in [6.07, 6.45) is -1.46. The Morgan fingerprint density at radius 2 is 1.96 bits per heavy atom. The summed E-state index contributed by atoms with van der Waals surface area (Å²) in [5.41, 5.74) is 1.04. The smallest absolute Gasteiger partial charge is 0.293 e. The van der Waals surface area contributed by atoms with E-state index in [0.29, 0.717) is 13.1 Å². The summed E-state index contributed by atoms with van der Waals surface area (Å²) in [6, 6.07) is 9.77. The van der Waals surface area contributed by atoms with Crippen LogP contribution in [0.25, 0.3) is 0 Å². The second-order valence-corrected chi connectivity index (χ2v) is 8.22. The number of ether oxygens (including phenoxy) is 4. The van der Waals surface area contributed by atoms with Gasteiger partial charge in [0.1, 0.15) is 15.6 Å². The minimum Gasteiger partial charge on any atom is -0.459 e. The molecule has 1 unspecified atom stereocenters. The van der Waals surface area contributed by atoms with Crippen molar-refractivity contribution < 1.29 is 23.7 Å². The fraction of sp³-hybridized carbons (Fsp3) is 0.562. The topological polar surface area (TPSA) is 54.0 Å². The Bertz CT molecular complexity index is 497. The maximum absolute atomic E-state index is 10.8. The van der Waals surface area contributed by atoms with Gasteiger partial charge in [0.05, 0.1) is 13.2 Å². The zero-order chi connectivity index (χ0) is 16.9. The van der Waals surface area contributed by atoms with E-state index in [1.165, 1.54) is 0 Å². The predicted octanol–water partition coefficient (Wildman–Crippen LogP) is 3.26. The van der Waals surface area contributed by atoms with Gasteiger partial charge in [-0.2, -0.15) is 0 Å². The third-order valence-corrected chi connectivity index (χ3v) is 4.36. The van der Waals surface area contributed by atoms with Crippen molar-refractivity contribution in [3.05, 3.63) is 35.9 Å². The number of benzene rings is 1. The standard InChI is InChI=1S/C16H20ClIO5/c1-16(2)22-13(14(23-16)15(17)18)12(21-10-19)9-20-8-11-6-4-3-5-7-11/h3-7,10,12-15H,8-9H2,1-2H3/t12-,13-,14+,15?/m1/s1.